The number of anilines is 1. The van der Waals surface area contributed by atoms with Crippen molar-refractivity contribution >= 4 is 5.69 Å². The van der Waals surface area contributed by atoms with Gasteiger partial charge in [-0.05, 0) is 69.4 Å². The Bertz CT molecular complexity index is 821. The summed E-state index contributed by atoms with van der Waals surface area (Å²) < 4.78 is 41.1. The van der Waals surface area contributed by atoms with Crippen LogP contribution in [0.15, 0.2) is 42.7 Å². The summed E-state index contributed by atoms with van der Waals surface area (Å²) >= 11 is 0. The molecule has 3 rings (SSSR count). The van der Waals surface area contributed by atoms with Gasteiger partial charge in [0.25, 0.3) is 0 Å². The van der Waals surface area contributed by atoms with Crippen LogP contribution >= 0.6 is 0 Å². The molecule has 0 saturated carbocycles. The highest BCUT2D eigenvalue weighted by molar-refractivity contribution is 5.50. The van der Waals surface area contributed by atoms with E-state index in [1.165, 1.54) is 23.3 Å². The van der Waals surface area contributed by atoms with E-state index in [2.05, 4.69) is 44.3 Å². The Labute approximate surface area is 169 Å². The molecule has 158 valence electrons. The molecule has 1 saturated heterocycles. The summed E-state index contributed by atoms with van der Waals surface area (Å²) in [5.41, 5.74) is 3.22. The van der Waals surface area contributed by atoms with Crippen molar-refractivity contribution in [3.63, 3.8) is 0 Å². The van der Waals surface area contributed by atoms with Crippen LogP contribution in [0.5, 0.6) is 5.75 Å². The molecule has 1 aliphatic rings. The van der Waals surface area contributed by atoms with Crippen molar-refractivity contribution in [2.75, 3.05) is 32.2 Å². The molecule has 29 heavy (non-hydrogen) atoms. The summed E-state index contributed by atoms with van der Waals surface area (Å²) in [7, 11) is 4.06. The maximum absolute atomic E-state index is 12.4. The fourth-order valence-corrected chi connectivity index (χ4v) is 3.61. The van der Waals surface area contributed by atoms with Gasteiger partial charge in [0.15, 0.2) is 0 Å². The fourth-order valence-electron chi connectivity index (χ4n) is 3.61. The average Bonchev–Trinajstić information content (AvgIpc) is 2.90. The molecule has 0 aliphatic carbocycles. The second kappa shape index (κ2) is 8.20. The van der Waals surface area contributed by atoms with Gasteiger partial charge in [-0.3, -0.25) is 9.88 Å². The Balaban J connectivity index is 1.72. The first-order chi connectivity index (χ1) is 13.5. The molecule has 8 heteroatoms. The smallest absolute Gasteiger partial charge is 0.406 e. The molecule has 0 atom stereocenters. The molecule has 1 aromatic carbocycles. The quantitative estimate of drug-likeness (QED) is 0.719. The molecule has 0 amide bonds. The summed E-state index contributed by atoms with van der Waals surface area (Å²) in [5.74, 6) is -0.207. The number of aromatic nitrogens is 1. The highest BCUT2D eigenvalue weighted by Gasteiger charge is 2.37. The minimum atomic E-state index is -4.68. The lowest BCUT2D eigenvalue weighted by Gasteiger charge is -2.30. The van der Waals surface area contributed by atoms with E-state index < -0.39 is 6.36 Å². The summed E-state index contributed by atoms with van der Waals surface area (Å²) in [6, 6.07) is 8.11. The molecule has 1 aliphatic heterocycles. The minimum absolute atomic E-state index is 0.0835. The molecule has 0 unspecified atom stereocenters. The van der Waals surface area contributed by atoms with Crippen molar-refractivity contribution in [2.24, 2.45) is 0 Å². The number of rotatable bonds is 6. The van der Waals surface area contributed by atoms with Crippen molar-refractivity contribution in [3.05, 3.63) is 53.9 Å². The third-order valence-electron chi connectivity index (χ3n) is 5.06. The molecule has 1 aromatic heterocycles. The Morgan fingerprint density at radius 2 is 1.79 bits per heavy atom. The number of halogens is 3. The van der Waals surface area contributed by atoms with Gasteiger partial charge in [0.05, 0.1) is 6.67 Å². The number of alkyl halides is 3. The van der Waals surface area contributed by atoms with Crippen LogP contribution < -0.4 is 9.64 Å². The molecular weight excluding hydrogens is 381 g/mol. The third kappa shape index (κ3) is 5.61. The zero-order valence-electron chi connectivity index (χ0n) is 17.2. The van der Waals surface area contributed by atoms with Crippen LogP contribution in [-0.4, -0.2) is 54.0 Å². The standard InChI is InChI=1S/C21H27F3N4O/c1-20(2)14-27(18-5-7-19(8-6-18)29-21(22,23)24)15-28(20)13-16-9-10-25-11-17(16)12-26(3)4/h5-11H,12-15H2,1-4H3. The van der Waals surface area contributed by atoms with Crippen molar-refractivity contribution in [1.82, 2.24) is 14.8 Å². The second-order valence-electron chi connectivity index (χ2n) is 8.27. The Kier molecular flexibility index (Phi) is 6.05. The van der Waals surface area contributed by atoms with Gasteiger partial charge in [-0.2, -0.15) is 0 Å². The second-order valence-corrected chi connectivity index (χ2v) is 8.27. The van der Waals surface area contributed by atoms with Gasteiger partial charge in [0.1, 0.15) is 5.75 Å². The Morgan fingerprint density at radius 1 is 1.10 bits per heavy atom. The van der Waals surface area contributed by atoms with Crippen LogP contribution in [0.3, 0.4) is 0 Å². The van der Waals surface area contributed by atoms with E-state index in [0.29, 0.717) is 6.67 Å². The van der Waals surface area contributed by atoms with E-state index in [4.69, 9.17) is 0 Å². The van der Waals surface area contributed by atoms with Crippen LogP contribution in [0, 0.1) is 0 Å². The first-order valence-electron chi connectivity index (χ1n) is 9.46. The van der Waals surface area contributed by atoms with Gasteiger partial charge in [-0.1, -0.05) is 0 Å². The first kappa shape index (κ1) is 21.4. The van der Waals surface area contributed by atoms with E-state index in [9.17, 15) is 13.2 Å². The number of nitrogens with zero attached hydrogens (tertiary/aromatic N) is 4. The lowest BCUT2D eigenvalue weighted by molar-refractivity contribution is -0.274. The minimum Gasteiger partial charge on any atom is -0.406 e. The van der Waals surface area contributed by atoms with Gasteiger partial charge in [-0.25, -0.2) is 0 Å². The SMILES string of the molecule is CN(C)Cc1cnccc1CN1CN(c2ccc(OC(F)(F)F)cc2)CC1(C)C. The Hall–Kier alpha value is -2.32. The van der Waals surface area contributed by atoms with Gasteiger partial charge in [0, 0.05) is 43.3 Å². The number of hydrogen-bond donors (Lipinski definition) is 0. The number of ether oxygens (including phenoxy) is 1. The third-order valence-corrected chi connectivity index (χ3v) is 5.06. The molecule has 1 fully saturated rings. The largest absolute Gasteiger partial charge is 0.573 e. The molecule has 0 N–H and O–H groups in total. The summed E-state index contributed by atoms with van der Waals surface area (Å²) in [5, 5.41) is 0. The lowest BCUT2D eigenvalue weighted by Crippen LogP contribution is -2.39. The van der Waals surface area contributed by atoms with E-state index in [1.54, 1.807) is 12.1 Å². The van der Waals surface area contributed by atoms with Crippen LogP contribution in [0.4, 0.5) is 18.9 Å². The van der Waals surface area contributed by atoms with Crippen molar-refractivity contribution in [2.45, 2.75) is 38.8 Å². The van der Waals surface area contributed by atoms with Crippen molar-refractivity contribution in [3.8, 4) is 5.75 Å². The summed E-state index contributed by atoms with van der Waals surface area (Å²) in [6.07, 6.45) is -0.951. The zero-order chi connectivity index (χ0) is 21.2. The molecule has 0 spiro atoms. The van der Waals surface area contributed by atoms with Crippen molar-refractivity contribution < 1.29 is 17.9 Å². The molecular formula is C21H27F3N4O. The maximum atomic E-state index is 12.4. The normalized spacial score (nSPS) is 17.2. The molecule has 5 nitrogen and oxygen atoms in total. The zero-order valence-corrected chi connectivity index (χ0v) is 17.2. The predicted molar refractivity (Wildman–Crippen MR) is 107 cm³/mol. The molecule has 2 aromatic rings. The van der Waals surface area contributed by atoms with E-state index in [-0.39, 0.29) is 11.3 Å². The molecule has 0 bridgehead atoms. The number of benzene rings is 1. The molecule has 2 heterocycles. The maximum Gasteiger partial charge on any atom is 0.573 e. The van der Waals surface area contributed by atoms with Crippen LogP contribution in [0.1, 0.15) is 25.0 Å². The highest BCUT2D eigenvalue weighted by Crippen LogP contribution is 2.32. The van der Waals surface area contributed by atoms with Gasteiger partial charge >= 0.3 is 6.36 Å². The average molecular weight is 408 g/mol. The predicted octanol–water partition coefficient (Wildman–Crippen LogP) is 4.10. The van der Waals surface area contributed by atoms with Gasteiger partial charge < -0.3 is 14.5 Å². The molecule has 0 radical (unpaired) electrons. The highest BCUT2D eigenvalue weighted by atomic mass is 19.4. The lowest BCUT2D eigenvalue weighted by atomic mass is 10.0. The monoisotopic (exact) mass is 408 g/mol. The van der Waals surface area contributed by atoms with E-state index in [0.717, 1.165) is 25.3 Å². The van der Waals surface area contributed by atoms with Gasteiger partial charge in [-0.15, -0.1) is 13.2 Å². The number of pyridine rings is 1. The van der Waals surface area contributed by atoms with Gasteiger partial charge in [0.2, 0.25) is 0 Å². The van der Waals surface area contributed by atoms with Crippen LogP contribution in [0.25, 0.3) is 0 Å². The topological polar surface area (TPSA) is 31.8 Å². The van der Waals surface area contributed by atoms with E-state index >= 15 is 0 Å². The van der Waals surface area contributed by atoms with E-state index in [1.807, 2.05) is 26.5 Å². The summed E-state index contributed by atoms with van der Waals surface area (Å²) in [4.78, 5) is 10.9. The summed E-state index contributed by atoms with van der Waals surface area (Å²) in [6.45, 7) is 7.44. The van der Waals surface area contributed by atoms with Crippen LogP contribution in [-0.2, 0) is 13.1 Å². The number of hydrogen-bond acceptors (Lipinski definition) is 5. The first-order valence-corrected chi connectivity index (χ1v) is 9.46. The van der Waals surface area contributed by atoms with Crippen molar-refractivity contribution in [1.29, 1.82) is 0 Å². The van der Waals surface area contributed by atoms with Crippen LogP contribution in [0.2, 0.25) is 0 Å². The fraction of sp³-hybridized carbons (Fsp3) is 0.476. The Morgan fingerprint density at radius 3 is 2.41 bits per heavy atom.